The van der Waals surface area contributed by atoms with Crippen molar-refractivity contribution in [2.75, 3.05) is 0 Å². The van der Waals surface area contributed by atoms with Crippen molar-refractivity contribution in [3.8, 4) is 6.07 Å². The monoisotopic (exact) mass is 312 g/mol. The number of Topliss-reactive ketones (excluding diaryl/α,β-unsaturated/α-hetero) is 1. The van der Waals surface area contributed by atoms with Gasteiger partial charge in [0, 0.05) is 28.4 Å². The van der Waals surface area contributed by atoms with E-state index < -0.39 is 0 Å². The van der Waals surface area contributed by atoms with Crippen molar-refractivity contribution < 1.29 is 4.79 Å². The minimum absolute atomic E-state index is 0.189. The van der Waals surface area contributed by atoms with Crippen LogP contribution >= 0.6 is 11.3 Å². The minimum atomic E-state index is -0.189. The first kappa shape index (κ1) is 16.3. The number of ketones is 1. The molecule has 0 spiro atoms. The van der Waals surface area contributed by atoms with Crippen LogP contribution in [0.4, 0.5) is 0 Å². The second-order valence-corrected chi connectivity index (χ2v) is 6.35. The largest absolute Gasteiger partial charge is 0.348 e. The molecule has 4 heteroatoms. The Morgan fingerprint density at radius 3 is 2.68 bits per heavy atom. The van der Waals surface area contributed by atoms with Crippen molar-refractivity contribution in [3.63, 3.8) is 0 Å². The molecule has 0 atom stereocenters. The van der Waals surface area contributed by atoms with Crippen LogP contribution in [0.2, 0.25) is 0 Å². The Morgan fingerprint density at radius 1 is 1.41 bits per heavy atom. The first-order valence-electron chi connectivity index (χ1n) is 7.36. The zero-order valence-corrected chi connectivity index (χ0v) is 14.3. The Labute approximate surface area is 135 Å². The van der Waals surface area contributed by atoms with Gasteiger partial charge in [-0.25, -0.2) is 0 Å². The van der Waals surface area contributed by atoms with Gasteiger partial charge in [-0.2, -0.15) is 5.26 Å². The van der Waals surface area contributed by atoms with E-state index in [0.29, 0.717) is 5.56 Å². The number of nitrogens with zero attached hydrogens (tertiary/aromatic N) is 2. The van der Waals surface area contributed by atoms with E-state index in [0.717, 1.165) is 34.8 Å². The number of nitriles is 1. The van der Waals surface area contributed by atoms with Crippen LogP contribution in [-0.2, 0) is 6.54 Å². The highest BCUT2D eigenvalue weighted by Crippen LogP contribution is 2.23. The molecule has 22 heavy (non-hydrogen) atoms. The zero-order chi connectivity index (χ0) is 16.3. The molecule has 0 amide bonds. The van der Waals surface area contributed by atoms with Crippen molar-refractivity contribution >= 4 is 23.2 Å². The number of aryl methyl sites for hydroxylation is 2. The predicted molar refractivity (Wildman–Crippen MR) is 91.2 cm³/mol. The fourth-order valence-corrected chi connectivity index (χ4v) is 3.41. The van der Waals surface area contributed by atoms with Gasteiger partial charge in [-0.05, 0) is 56.3 Å². The van der Waals surface area contributed by atoms with Crippen LogP contribution in [0.1, 0.15) is 45.5 Å². The van der Waals surface area contributed by atoms with E-state index in [-0.39, 0.29) is 11.4 Å². The van der Waals surface area contributed by atoms with Crippen molar-refractivity contribution in [1.29, 1.82) is 5.26 Å². The third-order valence-electron chi connectivity index (χ3n) is 3.81. The molecule has 0 N–H and O–H groups in total. The topological polar surface area (TPSA) is 45.8 Å². The minimum Gasteiger partial charge on any atom is -0.348 e. The number of hydrogen-bond donors (Lipinski definition) is 0. The Kier molecular flexibility index (Phi) is 4.99. The molecule has 0 aliphatic heterocycles. The summed E-state index contributed by atoms with van der Waals surface area (Å²) in [6, 6.07) is 5.94. The number of allylic oxidation sites excluding steroid dienone is 1. The maximum absolute atomic E-state index is 12.7. The zero-order valence-electron chi connectivity index (χ0n) is 13.4. The van der Waals surface area contributed by atoms with E-state index >= 15 is 0 Å². The molecule has 0 unspecified atom stereocenters. The first-order valence-corrected chi connectivity index (χ1v) is 8.24. The van der Waals surface area contributed by atoms with Crippen molar-refractivity contribution in [2.24, 2.45) is 0 Å². The predicted octanol–water partition coefficient (Wildman–Crippen LogP) is 4.67. The summed E-state index contributed by atoms with van der Waals surface area (Å²) < 4.78 is 2.14. The first-order chi connectivity index (χ1) is 10.5. The van der Waals surface area contributed by atoms with Crippen LogP contribution in [0.25, 0.3) is 6.08 Å². The van der Waals surface area contributed by atoms with Gasteiger partial charge in [0.25, 0.3) is 0 Å². The van der Waals surface area contributed by atoms with E-state index in [1.807, 2.05) is 38.3 Å². The average molecular weight is 312 g/mol. The fourth-order valence-electron chi connectivity index (χ4n) is 2.56. The number of hydrogen-bond acceptors (Lipinski definition) is 3. The Morgan fingerprint density at radius 2 is 2.14 bits per heavy atom. The molecular weight excluding hydrogens is 292 g/mol. The van der Waals surface area contributed by atoms with Gasteiger partial charge in [0.2, 0.25) is 5.78 Å². The summed E-state index contributed by atoms with van der Waals surface area (Å²) in [5.41, 5.74) is 3.91. The van der Waals surface area contributed by atoms with Gasteiger partial charge in [-0.15, -0.1) is 11.3 Å². The van der Waals surface area contributed by atoms with Crippen molar-refractivity contribution in [2.45, 2.75) is 40.7 Å². The molecule has 0 fully saturated rings. The Bertz CT molecular complexity index is 772. The summed E-state index contributed by atoms with van der Waals surface area (Å²) >= 11 is 1.54. The summed E-state index contributed by atoms with van der Waals surface area (Å²) in [6.45, 7) is 8.93. The molecule has 0 aromatic carbocycles. The highest BCUT2D eigenvalue weighted by atomic mass is 32.1. The molecule has 0 aliphatic rings. The van der Waals surface area contributed by atoms with E-state index in [4.69, 9.17) is 0 Å². The summed E-state index contributed by atoms with van der Waals surface area (Å²) in [6.07, 6.45) is 2.72. The second-order valence-electron chi connectivity index (χ2n) is 5.40. The van der Waals surface area contributed by atoms with E-state index in [9.17, 15) is 10.1 Å². The fraction of sp³-hybridized carbons (Fsp3) is 0.333. The van der Waals surface area contributed by atoms with Gasteiger partial charge >= 0.3 is 0 Å². The molecular formula is C18H20N2OS. The van der Waals surface area contributed by atoms with Crippen molar-refractivity contribution in [1.82, 2.24) is 4.57 Å². The van der Waals surface area contributed by atoms with E-state index in [2.05, 4.69) is 17.6 Å². The molecule has 2 heterocycles. The van der Waals surface area contributed by atoms with Crippen molar-refractivity contribution in [3.05, 3.63) is 50.5 Å². The second kappa shape index (κ2) is 6.76. The summed E-state index contributed by atoms with van der Waals surface area (Å²) in [5, 5.41) is 11.3. The normalized spacial score (nSPS) is 11.5. The third kappa shape index (κ3) is 3.05. The lowest BCUT2D eigenvalue weighted by atomic mass is 10.0. The number of thiophene rings is 1. The molecule has 0 aliphatic carbocycles. The summed E-state index contributed by atoms with van der Waals surface area (Å²) in [7, 11) is 0. The molecule has 0 bridgehead atoms. The van der Waals surface area contributed by atoms with Crippen LogP contribution in [0.15, 0.2) is 23.1 Å². The Hall–Kier alpha value is -2.12. The van der Waals surface area contributed by atoms with Gasteiger partial charge in [0.1, 0.15) is 11.6 Å². The highest BCUT2D eigenvalue weighted by molar-refractivity contribution is 7.11. The third-order valence-corrected chi connectivity index (χ3v) is 4.77. The molecule has 0 saturated heterocycles. The quantitative estimate of drug-likeness (QED) is 0.457. The van der Waals surface area contributed by atoms with E-state index in [1.165, 1.54) is 0 Å². The highest BCUT2D eigenvalue weighted by Gasteiger charge is 2.19. The molecule has 2 aromatic heterocycles. The molecule has 0 radical (unpaired) electrons. The smallest absolute Gasteiger partial charge is 0.205 e. The van der Waals surface area contributed by atoms with Crippen LogP contribution in [0, 0.1) is 32.1 Å². The van der Waals surface area contributed by atoms with Gasteiger partial charge in [0.15, 0.2) is 0 Å². The standard InChI is InChI=1S/C18H20N2OS/c1-5-7-20-13(3)9-16(14(20)4)18(21)15(11-19)10-17-12(2)6-8-22-17/h6,8-10H,5,7H2,1-4H3/b15-10+. The molecule has 2 aromatic rings. The maximum atomic E-state index is 12.7. The SMILES string of the molecule is CCCn1c(C)cc(C(=O)/C(C#N)=C/c2sccc2C)c1C. The molecule has 114 valence electrons. The van der Waals surface area contributed by atoms with Gasteiger partial charge in [-0.3, -0.25) is 4.79 Å². The van der Waals surface area contributed by atoms with Crippen LogP contribution in [0.5, 0.6) is 0 Å². The lowest BCUT2D eigenvalue weighted by Crippen LogP contribution is -2.06. The number of carbonyl (C=O) groups is 1. The van der Waals surface area contributed by atoms with Crippen LogP contribution < -0.4 is 0 Å². The number of aromatic nitrogens is 1. The van der Waals surface area contributed by atoms with Gasteiger partial charge < -0.3 is 4.57 Å². The van der Waals surface area contributed by atoms with Crippen LogP contribution in [-0.4, -0.2) is 10.4 Å². The van der Waals surface area contributed by atoms with Gasteiger partial charge in [-0.1, -0.05) is 6.92 Å². The van der Waals surface area contributed by atoms with E-state index in [1.54, 1.807) is 17.4 Å². The summed E-state index contributed by atoms with van der Waals surface area (Å²) in [5.74, 6) is -0.189. The molecule has 3 nitrogen and oxygen atoms in total. The lowest BCUT2D eigenvalue weighted by molar-refractivity contribution is 0.103. The maximum Gasteiger partial charge on any atom is 0.205 e. The number of rotatable bonds is 5. The summed E-state index contributed by atoms with van der Waals surface area (Å²) in [4.78, 5) is 13.7. The lowest BCUT2D eigenvalue weighted by Gasteiger charge is -2.07. The van der Waals surface area contributed by atoms with Gasteiger partial charge in [0.05, 0.1) is 0 Å². The average Bonchev–Trinajstić information content (AvgIpc) is 3.02. The molecule has 2 rings (SSSR count). The number of carbonyl (C=O) groups excluding carboxylic acids is 1. The molecule has 0 saturated carbocycles. The van der Waals surface area contributed by atoms with Crippen LogP contribution in [0.3, 0.4) is 0 Å². The Balaban J connectivity index is 2.43.